The van der Waals surface area contributed by atoms with E-state index in [1.807, 2.05) is 32.0 Å². The molecule has 0 saturated carbocycles. The summed E-state index contributed by atoms with van der Waals surface area (Å²) in [5.74, 6) is -0.551. The zero-order valence-electron chi connectivity index (χ0n) is 15.2. The van der Waals surface area contributed by atoms with Crippen LogP contribution < -0.4 is 16.2 Å². The van der Waals surface area contributed by atoms with Crippen LogP contribution in [0.4, 0.5) is 20.7 Å². The summed E-state index contributed by atoms with van der Waals surface area (Å²) in [4.78, 5) is 28.8. The maximum absolute atomic E-state index is 13.6. The van der Waals surface area contributed by atoms with Crippen molar-refractivity contribution in [2.24, 2.45) is 0 Å². The Kier molecular flexibility index (Phi) is 5.03. The Balaban J connectivity index is 1.84. The van der Waals surface area contributed by atoms with E-state index in [0.717, 1.165) is 11.1 Å². The first-order valence-electron chi connectivity index (χ1n) is 8.34. The van der Waals surface area contributed by atoms with Gasteiger partial charge < -0.3 is 5.32 Å². The van der Waals surface area contributed by atoms with Crippen molar-refractivity contribution in [3.05, 3.63) is 81.7 Å². The number of aryl methyl sites for hydroxylation is 3. The van der Waals surface area contributed by atoms with Crippen molar-refractivity contribution in [3.8, 4) is 5.69 Å². The molecular weight excluding hydrogens is 347 g/mol. The first-order valence-corrected chi connectivity index (χ1v) is 8.34. The van der Waals surface area contributed by atoms with E-state index in [-0.39, 0.29) is 11.5 Å². The summed E-state index contributed by atoms with van der Waals surface area (Å²) in [5, 5.41) is 4.90. The number of hydrogen-bond donors (Lipinski definition) is 2. The van der Waals surface area contributed by atoms with Crippen LogP contribution in [0.25, 0.3) is 5.69 Å². The number of nitrogens with zero attached hydrogens (tertiary/aromatic N) is 2. The molecule has 0 fully saturated rings. The number of anilines is 2. The van der Waals surface area contributed by atoms with Gasteiger partial charge in [-0.15, -0.1) is 0 Å². The van der Waals surface area contributed by atoms with Crippen molar-refractivity contribution in [1.29, 1.82) is 0 Å². The van der Waals surface area contributed by atoms with Gasteiger partial charge in [0.2, 0.25) is 5.82 Å². The van der Waals surface area contributed by atoms with Crippen LogP contribution in [-0.2, 0) is 0 Å². The van der Waals surface area contributed by atoms with Crippen molar-refractivity contribution < 1.29 is 9.18 Å². The van der Waals surface area contributed by atoms with E-state index in [1.165, 1.54) is 23.0 Å². The summed E-state index contributed by atoms with van der Waals surface area (Å²) in [6, 6.07) is 9.40. The van der Waals surface area contributed by atoms with Crippen LogP contribution in [-0.4, -0.2) is 15.6 Å². The molecule has 27 heavy (non-hydrogen) atoms. The molecule has 1 heterocycles. The van der Waals surface area contributed by atoms with Crippen molar-refractivity contribution in [2.45, 2.75) is 20.8 Å². The van der Waals surface area contributed by atoms with Gasteiger partial charge in [-0.2, -0.15) is 0 Å². The number of aromatic nitrogens is 2. The van der Waals surface area contributed by atoms with Gasteiger partial charge in [0.15, 0.2) is 0 Å². The van der Waals surface area contributed by atoms with E-state index in [2.05, 4.69) is 15.6 Å². The molecule has 0 aliphatic carbocycles. The van der Waals surface area contributed by atoms with Crippen LogP contribution in [0.1, 0.15) is 16.7 Å². The molecule has 0 unspecified atom stereocenters. The Labute approximate surface area is 155 Å². The van der Waals surface area contributed by atoms with Crippen molar-refractivity contribution >= 4 is 17.5 Å². The lowest BCUT2D eigenvalue weighted by atomic mass is 10.1. The summed E-state index contributed by atoms with van der Waals surface area (Å²) < 4.78 is 15.0. The summed E-state index contributed by atoms with van der Waals surface area (Å²) in [6.45, 7) is 5.51. The molecule has 0 atom stereocenters. The van der Waals surface area contributed by atoms with E-state index in [0.29, 0.717) is 11.3 Å². The highest BCUT2D eigenvalue weighted by molar-refractivity contribution is 5.99. The van der Waals surface area contributed by atoms with Gasteiger partial charge in [0.1, 0.15) is 5.82 Å². The second-order valence-corrected chi connectivity index (χ2v) is 6.34. The van der Waals surface area contributed by atoms with E-state index in [4.69, 9.17) is 0 Å². The minimum Gasteiger partial charge on any atom is -0.308 e. The number of rotatable bonds is 3. The molecule has 0 saturated heterocycles. The molecule has 0 aliphatic rings. The molecule has 0 bridgehead atoms. The molecule has 0 spiro atoms. The Hall–Kier alpha value is -3.48. The maximum Gasteiger partial charge on any atom is 0.325 e. The minimum atomic E-state index is -0.680. The summed E-state index contributed by atoms with van der Waals surface area (Å²) in [7, 11) is 0. The molecule has 2 aromatic carbocycles. The quantitative estimate of drug-likeness (QED) is 0.737. The molecule has 3 rings (SSSR count). The number of amides is 2. The molecule has 0 aliphatic heterocycles. The number of halogens is 1. The minimum absolute atomic E-state index is 0.123. The Morgan fingerprint density at radius 1 is 1.04 bits per heavy atom. The standard InChI is InChI=1S/C20H19FN4O2/c1-12-8-13(2)10-16(9-12)25-7-6-22-18(19(25)26)24-20(27)23-15-5-4-14(3)17(21)11-15/h4-11H,1-3H3,(H2,22,23,24,27). The zero-order valence-corrected chi connectivity index (χ0v) is 15.2. The second-order valence-electron chi connectivity index (χ2n) is 6.34. The van der Waals surface area contributed by atoms with E-state index < -0.39 is 17.4 Å². The summed E-state index contributed by atoms with van der Waals surface area (Å²) in [6.07, 6.45) is 2.97. The van der Waals surface area contributed by atoms with Crippen LogP contribution in [0.5, 0.6) is 0 Å². The predicted molar refractivity (Wildman–Crippen MR) is 103 cm³/mol. The first kappa shape index (κ1) is 18.3. The van der Waals surface area contributed by atoms with E-state index >= 15 is 0 Å². The van der Waals surface area contributed by atoms with Gasteiger partial charge in [-0.3, -0.25) is 14.7 Å². The van der Waals surface area contributed by atoms with Gasteiger partial charge in [-0.05, 0) is 61.7 Å². The van der Waals surface area contributed by atoms with Crippen molar-refractivity contribution in [2.75, 3.05) is 10.6 Å². The number of carbonyl (C=O) groups is 1. The Morgan fingerprint density at radius 2 is 1.74 bits per heavy atom. The number of carbonyl (C=O) groups excluding carboxylic acids is 1. The normalized spacial score (nSPS) is 10.5. The molecule has 6 nitrogen and oxygen atoms in total. The van der Waals surface area contributed by atoms with Crippen LogP contribution >= 0.6 is 0 Å². The molecule has 1 aromatic heterocycles. The largest absolute Gasteiger partial charge is 0.325 e. The molecule has 2 amide bonds. The average Bonchev–Trinajstić information content (AvgIpc) is 2.59. The molecule has 7 heteroatoms. The molecule has 0 radical (unpaired) electrons. The smallest absolute Gasteiger partial charge is 0.308 e. The van der Waals surface area contributed by atoms with Crippen LogP contribution in [0.3, 0.4) is 0 Å². The number of nitrogens with one attached hydrogen (secondary N) is 2. The van der Waals surface area contributed by atoms with Gasteiger partial charge in [-0.1, -0.05) is 12.1 Å². The number of benzene rings is 2. The fraction of sp³-hybridized carbons (Fsp3) is 0.150. The molecular formula is C20H19FN4O2. The molecule has 138 valence electrons. The summed E-state index contributed by atoms with van der Waals surface area (Å²) in [5.41, 5.74) is 3.00. The van der Waals surface area contributed by atoms with Gasteiger partial charge >= 0.3 is 6.03 Å². The lowest BCUT2D eigenvalue weighted by Gasteiger charge is -2.11. The topological polar surface area (TPSA) is 76.0 Å². The second kappa shape index (κ2) is 7.41. The third kappa shape index (κ3) is 4.20. The average molecular weight is 366 g/mol. The first-order chi connectivity index (χ1) is 12.8. The fourth-order valence-electron chi connectivity index (χ4n) is 2.73. The predicted octanol–water partition coefficient (Wildman–Crippen LogP) is 3.94. The zero-order chi connectivity index (χ0) is 19.6. The number of urea groups is 1. The van der Waals surface area contributed by atoms with Crippen molar-refractivity contribution in [3.63, 3.8) is 0 Å². The molecule has 3 aromatic rings. The van der Waals surface area contributed by atoms with Crippen molar-refractivity contribution in [1.82, 2.24) is 9.55 Å². The van der Waals surface area contributed by atoms with Crippen LogP contribution in [0, 0.1) is 26.6 Å². The highest BCUT2D eigenvalue weighted by Gasteiger charge is 2.11. The molecule has 2 N–H and O–H groups in total. The lowest BCUT2D eigenvalue weighted by Crippen LogP contribution is -2.28. The Bertz CT molecular complexity index is 1060. The summed E-state index contributed by atoms with van der Waals surface area (Å²) >= 11 is 0. The van der Waals surface area contributed by atoms with Gasteiger partial charge in [0.05, 0.1) is 0 Å². The third-order valence-electron chi connectivity index (χ3n) is 3.99. The highest BCUT2D eigenvalue weighted by Crippen LogP contribution is 2.14. The fourth-order valence-corrected chi connectivity index (χ4v) is 2.73. The number of hydrogen-bond acceptors (Lipinski definition) is 3. The van der Waals surface area contributed by atoms with Crippen LogP contribution in [0.15, 0.2) is 53.6 Å². The SMILES string of the molecule is Cc1cc(C)cc(-n2ccnc(NC(=O)Nc3ccc(C)c(F)c3)c2=O)c1. The van der Waals surface area contributed by atoms with E-state index in [1.54, 1.807) is 19.1 Å². The monoisotopic (exact) mass is 366 g/mol. The Morgan fingerprint density at radius 3 is 2.41 bits per heavy atom. The van der Waals surface area contributed by atoms with Gasteiger partial charge in [0, 0.05) is 23.8 Å². The third-order valence-corrected chi connectivity index (χ3v) is 3.99. The van der Waals surface area contributed by atoms with Gasteiger partial charge in [0.25, 0.3) is 5.56 Å². The lowest BCUT2D eigenvalue weighted by molar-refractivity contribution is 0.262. The van der Waals surface area contributed by atoms with Crippen LogP contribution in [0.2, 0.25) is 0 Å². The van der Waals surface area contributed by atoms with E-state index in [9.17, 15) is 14.0 Å². The maximum atomic E-state index is 13.6. The van der Waals surface area contributed by atoms with Gasteiger partial charge in [-0.25, -0.2) is 14.2 Å². The highest BCUT2D eigenvalue weighted by atomic mass is 19.1.